The third kappa shape index (κ3) is 3.69. The first kappa shape index (κ1) is 19.4. The van der Waals surface area contributed by atoms with E-state index < -0.39 is 23.6 Å². The molecule has 0 spiro atoms. The average Bonchev–Trinajstić information content (AvgIpc) is 3.07. The van der Waals surface area contributed by atoms with Crippen LogP contribution in [0.3, 0.4) is 0 Å². The Morgan fingerprint density at radius 3 is 2.75 bits per heavy atom. The van der Waals surface area contributed by atoms with Crippen LogP contribution in [0.25, 0.3) is 0 Å². The molecular weight excluding hydrogens is 386 g/mol. The zero-order valence-corrected chi connectivity index (χ0v) is 15.3. The number of carbonyl (C=O) groups excluding carboxylic acids is 3. The fourth-order valence-electron chi connectivity index (χ4n) is 3.11. The van der Waals surface area contributed by atoms with Gasteiger partial charge in [-0.05, 0) is 17.2 Å². The number of aliphatic imine (C=N–C) groups is 1. The number of amides is 2. The Morgan fingerprint density at radius 1 is 1.25 bits per heavy atom. The minimum absolute atomic E-state index is 0.0753. The Morgan fingerprint density at radius 2 is 2.00 bits per heavy atom. The summed E-state index contributed by atoms with van der Waals surface area (Å²) in [6.45, 7) is 0.356. The number of benzene rings is 2. The van der Waals surface area contributed by atoms with Crippen molar-refractivity contribution in [2.75, 3.05) is 13.1 Å². The Labute approximate surface area is 165 Å². The molecule has 144 valence electrons. The van der Waals surface area contributed by atoms with E-state index in [1.807, 2.05) is 6.07 Å². The van der Waals surface area contributed by atoms with Gasteiger partial charge < -0.3 is 20.4 Å². The number of phenolic OH excluding ortho intramolecular Hbond substituents is 2. The molecule has 0 bridgehead atoms. The predicted octanol–water partition coefficient (Wildman–Crippen LogP) is 1.90. The molecule has 9 heteroatoms. The number of halogens is 1. The zero-order valence-electron chi connectivity index (χ0n) is 14.6. The van der Waals surface area contributed by atoms with Crippen molar-refractivity contribution in [2.24, 2.45) is 4.99 Å². The number of isocyanates is 1. The van der Waals surface area contributed by atoms with Gasteiger partial charge in [0.05, 0.1) is 17.1 Å². The molecule has 2 aromatic rings. The molecule has 0 aliphatic carbocycles. The Hall–Kier alpha value is -3.35. The van der Waals surface area contributed by atoms with Gasteiger partial charge in [-0.25, -0.2) is 9.79 Å². The molecule has 1 unspecified atom stereocenters. The summed E-state index contributed by atoms with van der Waals surface area (Å²) in [4.78, 5) is 40.6. The Kier molecular flexibility index (Phi) is 5.63. The molecule has 1 heterocycles. The molecule has 0 saturated carbocycles. The molecule has 0 aromatic heterocycles. The standard InChI is InChI=1S/C19H16ClN3O5/c20-14-7-13(15(25)8-16(14)26)19(28)23-9-11-3-1-2-4-12(11)17(23)18(27)22-6-5-21-10-24/h1-4,7-8,17,25-26H,5-6,9H2,(H,22,27). The first-order valence-electron chi connectivity index (χ1n) is 8.35. The van der Waals surface area contributed by atoms with E-state index in [-0.39, 0.29) is 36.0 Å². The maximum Gasteiger partial charge on any atom is 0.258 e. The number of carbonyl (C=O) groups is 2. The molecule has 2 aromatic carbocycles. The van der Waals surface area contributed by atoms with E-state index in [0.29, 0.717) is 5.56 Å². The third-order valence-corrected chi connectivity index (χ3v) is 4.70. The van der Waals surface area contributed by atoms with Gasteiger partial charge in [0.15, 0.2) is 0 Å². The monoisotopic (exact) mass is 401 g/mol. The molecule has 28 heavy (non-hydrogen) atoms. The lowest BCUT2D eigenvalue weighted by Crippen LogP contribution is -2.40. The van der Waals surface area contributed by atoms with Crippen LogP contribution in [0.5, 0.6) is 11.5 Å². The highest BCUT2D eigenvalue weighted by Gasteiger charge is 2.39. The van der Waals surface area contributed by atoms with E-state index >= 15 is 0 Å². The van der Waals surface area contributed by atoms with E-state index in [0.717, 1.165) is 17.7 Å². The summed E-state index contributed by atoms with van der Waals surface area (Å²) >= 11 is 5.87. The number of fused-ring (bicyclic) bond motifs is 1. The number of hydrogen-bond acceptors (Lipinski definition) is 6. The van der Waals surface area contributed by atoms with Crippen molar-refractivity contribution in [3.05, 3.63) is 58.1 Å². The van der Waals surface area contributed by atoms with Gasteiger partial charge in [-0.3, -0.25) is 9.59 Å². The molecule has 0 radical (unpaired) electrons. The summed E-state index contributed by atoms with van der Waals surface area (Å²) in [6, 6.07) is 8.34. The molecular formula is C19H16ClN3O5. The second-order valence-corrected chi connectivity index (χ2v) is 6.53. The van der Waals surface area contributed by atoms with E-state index in [4.69, 9.17) is 11.6 Å². The second-order valence-electron chi connectivity index (χ2n) is 6.12. The van der Waals surface area contributed by atoms with E-state index in [1.54, 1.807) is 18.2 Å². The van der Waals surface area contributed by atoms with Crippen LogP contribution in [0.1, 0.15) is 27.5 Å². The lowest BCUT2D eigenvalue weighted by atomic mass is 10.0. The Bertz CT molecular complexity index is 988. The van der Waals surface area contributed by atoms with Crippen LogP contribution in [-0.4, -0.2) is 46.1 Å². The van der Waals surface area contributed by atoms with Gasteiger partial charge in [0.25, 0.3) is 5.91 Å². The normalized spacial score (nSPS) is 14.9. The third-order valence-electron chi connectivity index (χ3n) is 4.39. The molecule has 1 atom stereocenters. The molecule has 3 N–H and O–H groups in total. The highest BCUT2D eigenvalue weighted by Crippen LogP contribution is 2.38. The van der Waals surface area contributed by atoms with Gasteiger partial charge in [0, 0.05) is 19.2 Å². The SMILES string of the molecule is O=C=NCCNC(=O)C1c2ccccc2CN1C(=O)c1cc(Cl)c(O)cc1O. The van der Waals surface area contributed by atoms with Gasteiger partial charge in [-0.15, -0.1) is 0 Å². The maximum absolute atomic E-state index is 13.1. The molecule has 1 aliphatic heterocycles. The molecule has 8 nitrogen and oxygen atoms in total. The van der Waals surface area contributed by atoms with Crippen molar-refractivity contribution in [2.45, 2.75) is 12.6 Å². The van der Waals surface area contributed by atoms with Crippen molar-refractivity contribution in [1.82, 2.24) is 10.2 Å². The minimum Gasteiger partial charge on any atom is -0.507 e. The van der Waals surface area contributed by atoms with E-state index in [1.165, 1.54) is 11.0 Å². The van der Waals surface area contributed by atoms with Crippen LogP contribution < -0.4 is 5.32 Å². The second kappa shape index (κ2) is 8.12. The van der Waals surface area contributed by atoms with Crippen molar-refractivity contribution in [1.29, 1.82) is 0 Å². The molecule has 0 saturated heterocycles. The summed E-state index contributed by atoms with van der Waals surface area (Å²) in [6.07, 6.45) is 1.39. The highest BCUT2D eigenvalue weighted by atomic mass is 35.5. The average molecular weight is 402 g/mol. The fourth-order valence-corrected chi connectivity index (χ4v) is 3.28. The topological polar surface area (TPSA) is 119 Å². The van der Waals surface area contributed by atoms with Gasteiger partial charge in [0.2, 0.25) is 12.0 Å². The summed E-state index contributed by atoms with van der Waals surface area (Å²) in [5, 5.41) is 22.2. The number of hydrogen-bond donors (Lipinski definition) is 3. The van der Waals surface area contributed by atoms with Gasteiger partial charge in [0.1, 0.15) is 17.5 Å². The number of nitrogens with one attached hydrogen (secondary N) is 1. The maximum atomic E-state index is 13.1. The van der Waals surface area contributed by atoms with Crippen molar-refractivity contribution >= 4 is 29.5 Å². The van der Waals surface area contributed by atoms with Crippen molar-refractivity contribution < 1.29 is 24.6 Å². The lowest BCUT2D eigenvalue weighted by Gasteiger charge is -2.25. The van der Waals surface area contributed by atoms with Gasteiger partial charge in [-0.2, -0.15) is 0 Å². The van der Waals surface area contributed by atoms with Crippen LogP contribution in [0.4, 0.5) is 0 Å². The first-order valence-corrected chi connectivity index (χ1v) is 8.73. The quantitative estimate of drug-likeness (QED) is 0.401. The number of phenols is 2. The van der Waals surface area contributed by atoms with Gasteiger partial charge in [-0.1, -0.05) is 35.9 Å². The summed E-state index contributed by atoms with van der Waals surface area (Å²) in [5.74, 6) is -1.85. The number of aromatic hydroxyl groups is 2. The molecule has 3 rings (SSSR count). The summed E-state index contributed by atoms with van der Waals surface area (Å²) < 4.78 is 0. The smallest absolute Gasteiger partial charge is 0.258 e. The van der Waals surface area contributed by atoms with Crippen LogP contribution in [0.2, 0.25) is 5.02 Å². The van der Waals surface area contributed by atoms with Crippen LogP contribution in [0.15, 0.2) is 41.4 Å². The van der Waals surface area contributed by atoms with Crippen molar-refractivity contribution in [3.8, 4) is 11.5 Å². The Balaban J connectivity index is 1.92. The number of rotatable bonds is 5. The van der Waals surface area contributed by atoms with Crippen LogP contribution >= 0.6 is 11.6 Å². The zero-order chi connectivity index (χ0) is 20.3. The lowest BCUT2D eigenvalue weighted by molar-refractivity contribution is -0.125. The fraction of sp³-hybridized carbons (Fsp3) is 0.211. The predicted molar refractivity (Wildman–Crippen MR) is 99.8 cm³/mol. The summed E-state index contributed by atoms with van der Waals surface area (Å²) in [7, 11) is 0. The van der Waals surface area contributed by atoms with Crippen molar-refractivity contribution in [3.63, 3.8) is 0 Å². The van der Waals surface area contributed by atoms with E-state index in [9.17, 15) is 24.6 Å². The number of nitrogens with zero attached hydrogens (tertiary/aromatic N) is 2. The molecule has 1 aliphatic rings. The summed E-state index contributed by atoms with van der Waals surface area (Å²) in [5.41, 5.74) is 1.34. The van der Waals surface area contributed by atoms with Crippen LogP contribution in [-0.2, 0) is 16.1 Å². The van der Waals surface area contributed by atoms with Crippen LogP contribution in [0, 0.1) is 0 Å². The largest absolute Gasteiger partial charge is 0.507 e. The van der Waals surface area contributed by atoms with E-state index in [2.05, 4.69) is 10.3 Å². The molecule has 0 fully saturated rings. The highest BCUT2D eigenvalue weighted by molar-refractivity contribution is 6.32. The minimum atomic E-state index is -0.920. The molecule has 2 amide bonds. The van der Waals surface area contributed by atoms with Gasteiger partial charge >= 0.3 is 0 Å². The first-order chi connectivity index (χ1) is 13.4.